The molecule has 2 unspecified atom stereocenters. The number of rotatable bonds is 10. The first kappa shape index (κ1) is 32.0. The minimum absolute atomic E-state index is 0.0565. The Labute approximate surface area is 258 Å². The Morgan fingerprint density at radius 2 is 1.76 bits per heavy atom. The van der Waals surface area contributed by atoms with E-state index in [1.807, 2.05) is 48.7 Å². The van der Waals surface area contributed by atoms with Crippen LogP contribution in [0.2, 0.25) is 0 Å². The maximum atomic E-state index is 14.0. The third-order valence-corrected chi connectivity index (χ3v) is 8.48. The standard InChI is InChI=1S/C32H37F3N6O4/c1-18-14-26(44-4)24(32(43)38-18)17-37-31(42)23-16-25-22(21-6-8-36-27(15-21)45-5)7-9-41(25)28(19(23)2)20(3)39-10-12-40(13-11-39)30(35)29(33)34/h6-9,14-16,20,29-30H,10-13,17H2,1-5H3,(H,37,42)(H,38,43). The molecule has 5 heterocycles. The minimum Gasteiger partial charge on any atom is -0.496 e. The second-order valence-corrected chi connectivity index (χ2v) is 11.1. The zero-order valence-electron chi connectivity index (χ0n) is 25.9. The van der Waals surface area contributed by atoms with E-state index < -0.39 is 12.7 Å². The molecule has 0 aromatic carbocycles. The van der Waals surface area contributed by atoms with Crippen LogP contribution in [0.3, 0.4) is 0 Å². The van der Waals surface area contributed by atoms with Crippen molar-refractivity contribution >= 4 is 11.4 Å². The number of pyridine rings is 3. The molecule has 4 aromatic rings. The summed E-state index contributed by atoms with van der Waals surface area (Å²) in [6.07, 6.45) is -1.79. The van der Waals surface area contributed by atoms with Gasteiger partial charge in [0.05, 0.1) is 31.8 Å². The Kier molecular flexibility index (Phi) is 9.49. The van der Waals surface area contributed by atoms with Gasteiger partial charge in [-0.3, -0.25) is 19.4 Å². The smallest absolute Gasteiger partial charge is 0.282 e. The SMILES string of the molecule is COc1cc(-c2ccn3c(C(C)N4CCN(C(F)C(F)F)CC4)c(C)c(C(=O)NCc4c(OC)cc(C)[nH]c4=O)cc23)ccn1. The fourth-order valence-corrected chi connectivity index (χ4v) is 6.05. The van der Waals surface area contributed by atoms with Gasteiger partial charge in [0.25, 0.3) is 17.9 Å². The molecule has 2 atom stereocenters. The lowest BCUT2D eigenvalue weighted by Crippen LogP contribution is -2.51. The molecule has 240 valence electrons. The second kappa shape index (κ2) is 13.3. The first-order valence-corrected chi connectivity index (χ1v) is 14.6. The molecular weight excluding hydrogens is 589 g/mol. The molecule has 0 aliphatic carbocycles. The summed E-state index contributed by atoms with van der Waals surface area (Å²) >= 11 is 0. The average Bonchev–Trinajstić information content (AvgIpc) is 3.46. The van der Waals surface area contributed by atoms with E-state index >= 15 is 0 Å². The van der Waals surface area contributed by atoms with Crippen LogP contribution in [-0.2, 0) is 6.54 Å². The van der Waals surface area contributed by atoms with Gasteiger partial charge in [0, 0.05) is 73.2 Å². The molecular formula is C32H37F3N6O4. The number of ether oxygens (including phenoxy) is 2. The number of halogens is 3. The van der Waals surface area contributed by atoms with Gasteiger partial charge < -0.3 is 24.2 Å². The summed E-state index contributed by atoms with van der Waals surface area (Å²) in [5.41, 5.74) is 4.97. The lowest BCUT2D eigenvalue weighted by molar-refractivity contribution is -0.0688. The van der Waals surface area contributed by atoms with Gasteiger partial charge in [0.15, 0.2) is 0 Å². The number of methoxy groups -OCH3 is 2. The molecule has 0 bridgehead atoms. The molecule has 13 heteroatoms. The Morgan fingerprint density at radius 3 is 2.42 bits per heavy atom. The summed E-state index contributed by atoms with van der Waals surface area (Å²) in [5, 5.41) is 2.89. The van der Waals surface area contributed by atoms with Crippen LogP contribution >= 0.6 is 0 Å². The minimum atomic E-state index is -3.06. The van der Waals surface area contributed by atoms with Crippen LogP contribution < -0.4 is 20.3 Å². The van der Waals surface area contributed by atoms with Crippen molar-refractivity contribution in [2.45, 2.75) is 46.1 Å². The molecule has 1 saturated heterocycles. The molecule has 1 fully saturated rings. The number of alkyl halides is 3. The molecule has 0 saturated carbocycles. The number of carbonyl (C=O) groups excluding carboxylic acids is 1. The topological polar surface area (TPSA) is 104 Å². The van der Waals surface area contributed by atoms with E-state index in [9.17, 15) is 22.8 Å². The molecule has 4 aromatic heterocycles. The molecule has 1 aliphatic heterocycles. The number of nitrogens with zero attached hydrogens (tertiary/aromatic N) is 4. The monoisotopic (exact) mass is 626 g/mol. The highest BCUT2D eigenvalue weighted by atomic mass is 19.3. The number of hydrogen-bond acceptors (Lipinski definition) is 7. The van der Waals surface area contributed by atoms with Crippen LogP contribution in [0.5, 0.6) is 11.6 Å². The van der Waals surface area contributed by atoms with Gasteiger partial charge in [0.2, 0.25) is 12.2 Å². The van der Waals surface area contributed by atoms with Crippen molar-refractivity contribution in [2.75, 3.05) is 40.4 Å². The van der Waals surface area contributed by atoms with Crippen molar-refractivity contribution < 1.29 is 27.4 Å². The van der Waals surface area contributed by atoms with Gasteiger partial charge in [0.1, 0.15) is 5.75 Å². The maximum absolute atomic E-state index is 14.0. The van der Waals surface area contributed by atoms with E-state index in [-0.39, 0.29) is 37.1 Å². The average molecular weight is 627 g/mol. The Morgan fingerprint density at radius 1 is 1.04 bits per heavy atom. The fourth-order valence-electron chi connectivity index (χ4n) is 6.05. The molecule has 0 radical (unpaired) electrons. The van der Waals surface area contributed by atoms with Gasteiger partial charge in [-0.2, -0.15) is 0 Å². The lowest BCUT2D eigenvalue weighted by atomic mass is 9.99. The van der Waals surface area contributed by atoms with Crippen LogP contribution in [0.25, 0.3) is 16.6 Å². The van der Waals surface area contributed by atoms with Crippen molar-refractivity contribution in [1.82, 2.24) is 29.5 Å². The summed E-state index contributed by atoms with van der Waals surface area (Å²) in [5.74, 6) is 0.433. The van der Waals surface area contributed by atoms with E-state index in [2.05, 4.69) is 20.2 Å². The van der Waals surface area contributed by atoms with Crippen molar-refractivity contribution in [1.29, 1.82) is 0 Å². The summed E-state index contributed by atoms with van der Waals surface area (Å²) in [6.45, 7) is 6.59. The molecule has 5 rings (SSSR count). The van der Waals surface area contributed by atoms with E-state index in [4.69, 9.17) is 9.47 Å². The highest BCUT2D eigenvalue weighted by molar-refractivity contribution is 5.98. The number of amides is 1. The van der Waals surface area contributed by atoms with Crippen LogP contribution in [0.1, 0.15) is 45.8 Å². The van der Waals surface area contributed by atoms with Gasteiger partial charge in [-0.25, -0.2) is 18.2 Å². The Bertz CT molecular complexity index is 1750. The molecule has 10 nitrogen and oxygen atoms in total. The molecule has 0 spiro atoms. The van der Waals surface area contributed by atoms with Crippen LogP contribution in [0.15, 0.2) is 47.5 Å². The number of nitrogens with one attached hydrogen (secondary N) is 2. The maximum Gasteiger partial charge on any atom is 0.282 e. The predicted molar refractivity (Wildman–Crippen MR) is 164 cm³/mol. The third kappa shape index (κ3) is 6.40. The van der Waals surface area contributed by atoms with Crippen LogP contribution in [-0.4, -0.2) is 83.2 Å². The number of hydrogen-bond donors (Lipinski definition) is 2. The zero-order chi connectivity index (χ0) is 32.4. The lowest BCUT2D eigenvalue weighted by Gasteiger charge is -2.39. The van der Waals surface area contributed by atoms with Gasteiger partial charge in [-0.1, -0.05) is 0 Å². The first-order chi connectivity index (χ1) is 21.5. The normalized spacial score (nSPS) is 15.8. The molecule has 1 amide bonds. The van der Waals surface area contributed by atoms with E-state index in [1.165, 1.54) is 14.2 Å². The predicted octanol–water partition coefficient (Wildman–Crippen LogP) is 4.49. The van der Waals surface area contributed by atoms with Crippen molar-refractivity contribution in [3.63, 3.8) is 0 Å². The van der Waals surface area contributed by atoms with Gasteiger partial charge >= 0.3 is 0 Å². The Hall–Kier alpha value is -4.36. The van der Waals surface area contributed by atoms with Gasteiger partial charge in [-0.15, -0.1) is 0 Å². The van der Waals surface area contributed by atoms with E-state index in [0.717, 1.165) is 27.2 Å². The summed E-state index contributed by atoms with van der Waals surface area (Å²) in [4.78, 5) is 36.7. The first-order valence-electron chi connectivity index (χ1n) is 14.6. The summed E-state index contributed by atoms with van der Waals surface area (Å²) in [7, 11) is 3.00. The zero-order valence-corrected chi connectivity index (χ0v) is 25.9. The number of fused-ring (bicyclic) bond motifs is 1. The van der Waals surface area contributed by atoms with E-state index in [0.29, 0.717) is 47.1 Å². The highest BCUT2D eigenvalue weighted by Gasteiger charge is 2.33. The second-order valence-electron chi connectivity index (χ2n) is 11.1. The van der Waals surface area contributed by atoms with Gasteiger partial charge in [-0.05, 0) is 56.2 Å². The molecule has 2 N–H and O–H groups in total. The van der Waals surface area contributed by atoms with Crippen molar-refractivity contribution in [3.8, 4) is 22.8 Å². The fraction of sp³-hybridized carbons (Fsp3) is 0.406. The summed E-state index contributed by atoms with van der Waals surface area (Å²) < 4.78 is 52.8. The van der Waals surface area contributed by atoms with Crippen molar-refractivity contribution in [2.24, 2.45) is 0 Å². The number of H-pyrrole nitrogens is 1. The van der Waals surface area contributed by atoms with Crippen LogP contribution in [0, 0.1) is 13.8 Å². The number of aromatic amines is 1. The molecule has 45 heavy (non-hydrogen) atoms. The van der Waals surface area contributed by atoms with Crippen molar-refractivity contribution in [3.05, 3.63) is 81.2 Å². The number of piperazine rings is 1. The number of aryl methyl sites for hydroxylation is 1. The third-order valence-electron chi connectivity index (χ3n) is 8.48. The van der Waals surface area contributed by atoms with E-state index in [1.54, 1.807) is 19.2 Å². The largest absolute Gasteiger partial charge is 0.496 e. The van der Waals surface area contributed by atoms with Crippen LogP contribution in [0.4, 0.5) is 13.2 Å². The highest BCUT2D eigenvalue weighted by Crippen LogP contribution is 2.35. The molecule has 1 aliphatic rings. The quantitative estimate of drug-likeness (QED) is 0.250. The number of carbonyl (C=O) groups is 1. The number of aromatic nitrogens is 3. The Balaban J connectivity index is 1.54. The summed E-state index contributed by atoms with van der Waals surface area (Å²) in [6, 6.07) is 8.87.